The Hall–Kier alpha value is -1.82. The summed E-state index contributed by atoms with van der Waals surface area (Å²) in [6.07, 6.45) is 0. The van der Waals surface area contributed by atoms with E-state index in [1.54, 1.807) is 0 Å². The van der Waals surface area contributed by atoms with Crippen LogP contribution in [-0.2, 0) is 16.6 Å². The summed E-state index contributed by atoms with van der Waals surface area (Å²) in [4.78, 5) is 0.107. The van der Waals surface area contributed by atoms with Gasteiger partial charge in [0.2, 0.25) is 0 Å². The lowest BCUT2D eigenvalue weighted by molar-refractivity contribution is 0.505. The lowest BCUT2D eigenvalue weighted by Gasteiger charge is -2.05. The molecule has 1 unspecified atom stereocenters. The van der Waals surface area contributed by atoms with E-state index < -0.39 is 28.3 Å². The number of hydrogen-bond donors (Lipinski definition) is 1. The summed E-state index contributed by atoms with van der Waals surface area (Å²) in [7, 11) is -1.66. The van der Waals surface area contributed by atoms with Crippen molar-refractivity contribution in [2.24, 2.45) is 0 Å². The van der Waals surface area contributed by atoms with E-state index >= 15 is 0 Å². The van der Waals surface area contributed by atoms with Gasteiger partial charge in [0.15, 0.2) is 11.6 Å². The first kappa shape index (κ1) is 13.6. The van der Waals surface area contributed by atoms with Crippen molar-refractivity contribution in [2.45, 2.75) is 10.6 Å². The van der Waals surface area contributed by atoms with Gasteiger partial charge in [0.25, 0.3) is 0 Å². The van der Waals surface area contributed by atoms with E-state index in [1.165, 1.54) is 18.2 Å². The Morgan fingerprint density at radius 1 is 0.947 bits per heavy atom. The quantitative estimate of drug-likeness (QED) is 0.881. The predicted molar refractivity (Wildman–Crippen MR) is 67.3 cm³/mol. The van der Waals surface area contributed by atoms with Gasteiger partial charge >= 0.3 is 0 Å². The summed E-state index contributed by atoms with van der Waals surface area (Å²) in [6, 6.07) is 6.98. The van der Waals surface area contributed by atoms with E-state index in [0.29, 0.717) is 0 Å². The van der Waals surface area contributed by atoms with Gasteiger partial charge in [-0.2, -0.15) is 0 Å². The van der Waals surface area contributed by atoms with Crippen LogP contribution in [0.25, 0.3) is 0 Å². The molecule has 0 aromatic heterocycles. The molecule has 0 aliphatic heterocycles. The third kappa shape index (κ3) is 3.14. The van der Waals surface area contributed by atoms with Crippen molar-refractivity contribution in [3.63, 3.8) is 0 Å². The van der Waals surface area contributed by atoms with E-state index in [1.807, 2.05) is 0 Å². The van der Waals surface area contributed by atoms with Gasteiger partial charge in [-0.25, -0.2) is 13.2 Å². The Labute approximate surface area is 110 Å². The average Bonchev–Trinajstić information content (AvgIpc) is 2.36. The second-order valence-electron chi connectivity index (χ2n) is 3.92. The van der Waals surface area contributed by atoms with Crippen molar-refractivity contribution in [3.8, 4) is 0 Å². The summed E-state index contributed by atoms with van der Waals surface area (Å²) in [5.74, 6) is -2.80. The van der Waals surface area contributed by atoms with Crippen LogP contribution in [0.1, 0.15) is 5.56 Å². The molecule has 2 N–H and O–H groups in total. The first-order chi connectivity index (χ1) is 8.97. The topological polar surface area (TPSA) is 43.1 Å². The van der Waals surface area contributed by atoms with Crippen LogP contribution in [0.4, 0.5) is 18.9 Å². The molecule has 100 valence electrons. The molecule has 0 amide bonds. The number of hydrogen-bond acceptors (Lipinski definition) is 2. The molecule has 0 saturated heterocycles. The molecule has 19 heavy (non-hydrogen) atoms. The van der Waals surface area contributed by atoms with Gasteiger partial charge < -0.3 is 5.73 Å². The third-order valence-corrected chi connectivity index (χ3v) is 3.87. The predicted octanol–water partition coefficient (Wildman–Crippen LogP) is 2.99. The van der Waals surface area contributed by atoms with E-state index in [-0.39, 0.29) is 21.9 Å². The molecule has 0 spiro atoms. The van der Waals surface area contributed by atoms with Gasteiger partial charge in [0.05, 0.1) is 16.6 Å². The minimum atomic E-state index is -1.66. The number of benzene rings is 2. The Morgan fingerprint density at radius 3 is 2.32 bits per heavy atom. The maximum absolute atomic E-state index is 13.5. The van der Waals surface area contributed by atoms with Crippen molar-refractivity contribution in [3.05, 3.63) is 59.4 Å². The molecule has 0 heterocycles. The summed E-state index contributed by atoms with van der Waals surface area (Å²) in [6.45, 7) is 0. The van der Waals surface area contributed by atoms with Crippen LogP contribution in [0, 0.1) is 17.5 Å². The number of rotatable bonds is 3. The number of nitrogens with two attached hydrogens (primary N) is 1. The molecule has 2 aromatic rings. The van der Waals surface area contributed by atoms with Crippen molar-refractivity contribution in [1.29, 1.82) is 0 Å². The summed E-state index contributed by atoms with van der Waals surface area (Å²) in [5.41, 5.74) is 5.87. The molecule has 0 aliphatic carbocycles. The Balaban J connectivity index is 2.23. The summed E-state index contributed by atoms with van der Waals surface area (Å²) >= 11 is 0. The van der Waals surface area contributed by atoms with Crippen LogP contribution in [0.15, 0.2) is 41.3 Å². The maximum atomic E-state index is 13.5. The fourth-order valence-electron chi connectivity index (χ4n) is 1.52. The van der Waals surface area contributed by atoms with Crippen LogP contribution in [-0.4, -0.2) is 4.21 Å². The van der Waals surface area contributed by atoms with E-state index in [0.717, 1.165) is 18.2 Å². The molecule has 0 aliphatic rings. The molecule has 2 nitrogen and oxygen atoms in total. The molecule has 0 saturated carbocycles. The van der Waals surface area contributed by atoms with E-state index in [2.05, 4.69) is 0 Å². The first-order valence-corrected chi connectivity index (χ1v) is 6.66. The largest absolute Gasteiger partial charge is 0.399 e. The van der Waals surface area contributed by atoms with Crippen LogP contribution in [0.3, 0.4) is 0 Å². The number of nitrogen functional groups attached to an aromatic ring is 1. The molecule has 2 aromatic carbocycles. The molecule has 6 heteroatoms. The van der Waals surface area contributed by atoms with Crippen LogP contribution in [0.2, 0.25) is 0 Å². The van der Waals surface area contributed by atoms with Gasteiger partial charge in [0, 0.05) is 16.1 Å². The number of anilines is 1. The van der Waals surface area contributed by atoms with E-state index in [9.17, 15) is 17.4 Å². The highest BCUT2D eigenvalue weighted by Crippen LogP contribution is 2.18. The first-order valence-electron chi connectivity index (χ1n) is 5.34. The van der Waals surface area contributed by atoms with Crippen LogP contribution < -0.4 is 5.73 Å². The van der Waals surface area contributed by atoms with Crippen LogP contribution in [0.5, 0.6) is 0 Å². The highest BCUT2D eigenvalue weighted by Gasteiger charge is 2.11. The lowest BCUT2D eigenvalue weighted by atomic mass is 10.2. The SMILES string of the molecule is Nc1ccc(CS(=O)c2ccc(F)c(F)c2)c(F)c1. The Kier molecular flexibility index (Phi) is 3.90. The average molecular weight is 285 g/mol. The monoisotopic (exact) mass is 285 g/mol. The molecule has 2 rings (SSSR count). The summed E-state index contributed by atoms with van der Waals surface area (Å²) < 4.78 is 51.2. The van der Waals surface area contributed by atoms with Gasteiger partial charge in [-0.15, -0.1) is 0 Å². The summed E-state index contributed by atoms with van der Waals surface area (Å²) in [5, 5.41) is 0. The molecule has 0 radical (unpaired) electrons. The van der Waals surface area contributed by atoms with Crippen molar-refractivity contribution < 1.29 is 17.4 Å². The standard InChI is InChI=1S/C13H10F3NOS/c14-11-4-3-10(6-13(11)16)19(18)7-8-1-2-9(17)5-12(8)15/h1-6H,7,17H2. The lowest BCUT2D eigenvalue weighted by Crippen LogP contribution is -2.01. The minimum Gasteiger partial charge on any atom is -0.399 e. The van der Waals surface area contributed by atoms with Crippen molar-refractivity contribution >= 4 is 16.5 Å². The zero-order chi connectivity index (χ0) is 14.0. The Morgan fingerprint density at radius 2 is 1.68 bits per heavy atom. The number of halogens is 3. The van der Waals surface area contributed by atoms with Crippen LogP contribution >= 0.6 is 0 Å². The molecular weight excluding hydrogens is 275 g/mol. The molecular formula is C13H10F3NOS. The molecule has 1 atom stereocenters. The molecule has 0 bridgehead atoms. The second kappa shape index (κ2) is 5.44. The Bertz CT molecular complexity index is 646. The van der Waals surface area contributed by atoms with Gasteiger partial charge in [-0.05, 0) is 30.3 Å². The normalized spacial score (nSPS) is 12.4. The van der Waals surface area contributed by atoms with Crippen molar-refractivity contribution in [2.75, 3.05) is 5.73 Å². The zero-order valence-corrected chi connectivity index (χ0v) is 10.5. The highest BCUT2D eigenvalue weighted by molar-refractivity contribution is 7.84. The highest BCUT2D eigenvalue weighted by atomic mass is 32.2. The minimum absolute atomic E-state index is 0.107. The fraction of sp³-hybridized carbons (Fsp3) is 0.0769. The zero-order valence-electron chi connectivity index (χ0n) is 9.70. The smallest absolute Gasteiger partial charge is 0.160 e. The fourth-order valence-corrected chi connectivity index (χ4v) is 2.66. The molecule has 0 fully saturated rings. The van der Waals surface area contributed by atoms with Crippen molar-refractivity contribution in [1.82, 2.24) is 0 Å². The van der Waals surface area contributed by atoms with Gasteiger partial charge in [-0.1, -0.05) is 6.07 Å². The van der Waals surface area contributed by atoms with Gasteiger partial charge in [0.1, 0.15) is 5.82 Å². The second-order valence-corrected chi connectivity index (χ2v) is 5.37. The maximum Gasteiger partial charge on any atom is 0.160 e. The van der Waals surface area contributed by atoms with Gasteiger partial charge in [-0.3, -0.25) is 4.21 Å². The third-order valence-electron chi connectivity index (χ3n) is 2.52. The van der Waals surface area contributed by atoms with E-state index in [4.69, 9.17) is 5.73 Å².